The topological polar surface area (TPSA) is 130 Å². The van der Waals surface area contributed by atoms with Gasteiger partial charge in [0, 0.05) is 18.3 Å². The number of nitrogens with zero attached hydrogens (tertiary/aromatic N) is 1. The fraction of sp³-hybridized carbons (Fsp3) is 0.773. The van der Waals surface area contributed by atoms with Crippen LogP contribution in [0.25, 0.3) is 0 Å². The Morgan fingerprint density at radius 3 is 2.34 bits per heavy atom. The second kappa shape index (κ2) is 14.7. The summed E-state index contributed by atoms with van der Waals surface area (Å²) in [5, 5.41) is 13.6. The maximum atomic E-state index is 12.7. The minimum atomic E-state index is -1.38. The average molecular weight is 493 g/mol. The minimum absolute atomic E-state index is 0. The third-order valence-corrected chi connectivity index (χ3v) is 6.43. The van der Waals surface area contributed by atoms with Crippen molar-refractivity contribution in [2.24, 2.45) is 11.7 Å². The third-order valence-electron chi connectivity index (χ3n) is 6.43. The van der Waals surface area contributed by atoms with E-state index >= 15 is 0 Å². The van der Waals surface area contributed by atoms with Crippen LogP contribution < -0.4 is 11.1 Å². The monoisotopic (exact) mass is 492 g/mol. The summed E-state index contributed by atoms with van der Waals surface area (Å²) in [6.45, 7) is 0. The van der Waals surface area contributed by atoms with Crippen molar-refractivity contribution < 1.29 is 19.4 Å². The van der Waals surface area contributed by atoms with Gasteiger partial charge in [0.25, 0.3) is 0 Å². The van der Waals surface area contributed by atoms with Crippen molar-refractivity contribution in [3.63, 3.8) is 0 Å². The first-order valence-corrected chi connectivity index (χ1v) is 11.4. The Morgan fingerprint density at radius 1 is 1.12 bits per heavy atom. The summed E-state index contributed by atoms with van der Waals surface area (Å²) in [5.74, 6) is -0.634. The van der Waals surface area contributed by atoms with Crippen LogP contribution in [0.2, 0.25) is 0 Å². The highest BCUT2D eigenvalue weighted by Crippen LogP contribution is 2.28. The number of aromatic nitrogens is 2. The van der Waals surface area contributed by atoms with Gasteiger partial charge < -0.3 is 25.9 Å². The predicted octanol–water partition coefficient (Wildman–Crippen LogP) is 2.82. The number of carbonyl (C=O) groups is 2. The fourth-order valence-electron chi connectivity index (χ4n) is 4.65. The summed E-state index contributed by atoms with van der Waals surface area (Å²) in [6, 6.07) is -1.48. The normalized spacial score (nSPS) is 20.2. The fourth-order valence-corrected chi connectivity index (χ4v) is 4.65. The Kier molecular flexibility index (Phi) is 13.2. The van der Waals surface area contributed by atoms with E-state index in [1.807, 2.05) is 0 Å². The highest BCUT2D eigenvalue weighted by Gasteiger charge is 2.34. The molecule has 1 heterocycles. The Morgan fingerprint density at radius 2 is 1.75 bits per heavy atom. The van der Waals surface area contributed by atoms with E-state index in [2.05, 4.69) is 15.3 Å². The smallest absolute Gasteiger partial charge is 0.337 e. The molecule has 1 aromatic rings. The first-order valence-electron chi connectivity index (χ1n) is 11.4. The molecule has 1 amide bonds. The van der Waals surface area contributed by atoms with Crippen molar-refractivity contribution in [3.05, 3.63) is 18.2 Å². The molecular formula is C22H38Cl2N4O4. The number of esters is 1. The van der Waals surface area contributed by atoms with E-state index < -0.39 is 24.2 Å². The van der Waals surface area contributed by atoms with Gasteiger partial charge in [0.2, 0.25) is 5.91 Å². The Bertz CT molecular complexity index is 665. The van der Waals surface area contributed by atoms with Crippen LogP contribution in [0.15, 0.2) is 12.5 Å². The van der Waals surface area contributed by atoms with Gasteiger partial charge in [0.1, 0.15) is 6.10 Å². The van der Waals surface area contributed by atoms with Gasteiger partial charge in [-0.1, -0.05) is 38.5 Å². The lowest BCUT2D eigenvalue weighted by atomic mass is 9.83. The lowest BCUT2D eigenvalue weighted by molar-refractivity contribution is -0.162. The minimum Gasteiger partial charge on any atom is -0.460 e. The SMILES string of the molecule is Cl.Cl.N[C@@H](Cc1cnc[nH]1)C(=O)N[C@@H](CC1CCCCC1)C(O)C(=O)OC1CCCCC1. The Labute approximate surface area is 202 Å². The van der Waals surface area contributed by atoms with Crippen LogP contribution in [0.1, 0.15) is 76.3 Å². The molecule has 3 rings (SSSR count). The first kappa shape index (κ1) is 28.7. The third kappa shape index (κ3) is 8.89. The van der Waals surface area contributed by atoms with E-state index in [0.29, 0.717) is 18.8 Å². The van der Waals surface area contributed by atoms with Crippen molar-refractivity contribution in [1.29, 1.82) is 0 Å². The summed E-state index contributed by atoms with van der Waals surface area (Å²) < 4.78 is 5.57. The molecule has 184 valence electrons. The molecule has 0 bridgehead atoms. The van der Waals surface area contributed by atoms with Crippen molar-refractivity contribution >= 4 is 36.7 Å². The summed E-state index contributed by atoms with van der Waals surface area (Å²) in [7, 11) is 0. The average Bonchev–Trinajstić information content (AvgIpc) is 3.27. The highest BCUT2D eigenvalue weighted by atomic mass is 35.5. The number of imidazole rings is 1. The van der Waals surface area contributed by atoms with E-state index in [0.717, 1.165) is 63.5 Å². The number of aromatic amines is 1. The zero-order valence-electron chi connectivity index (χ0n) is 18.5. The summed E-state index contributed by atoms with van der Waals surface area (Å²) >= 11 is 0. The molecule has 2 saturated carbocycles. The van der Waals surface area contributed by atoms with Gasteiger partial charge in [0.15, 0.2) is 6.10 Å². The molecule has 3 atom stereocenters. The van der Waals surface area contributed by atoms with Gasteiger partial charge in [-0.25, -0.2) is 9.78 Å². The summed E-state index contributed by atoms with van der Waals surface area (Å²) in [6.07, 6.45) is 13.1. The van der Waals surface area contributed by atoms with E-state index in [1.54, 1.807) is 6.20 Å². The number of halogens is 2. The molecule has 0 aromatic carbocycles. The van der Waals surface area contributed by atoms with E-state index in [1.165, 1.54) is 12.7 Å². The van der Waals surface area contributed by atoms with Gasteiger partial charge in [-0.15, -0.1) is 24.8 Å². The second-order valence-corrected chi connectivity index (χ2v) is 8.88. The van der Waals surface area contributed by atoms with Crippen molar-refractivity contribution in [2.45, 2.75) is 101 Å². The molecular weight excluding hydrogens is 455 g/mol. The zero-order valence-corrected chi connectivity index (χ0v) is 20.2. The number of ether oxygens (including phenoxy) is 1. The maximum absolute atomic E-state index is 12.7. The number of hydrogen-bond acceptors (Lipinski definition) is 6. The lowest BCUT2D eigenvalue weighted by Crippen LogP contribution is -2.53. The number of amides is 1. The predicted molar refractivity (Wildman–Crippen MR) is 127 cm³/mol. The van der Waals surface area contributed by atoms with Gasteiger partial charge in [0.05, 0.1) is 18.4 Å². The molecule has 10 heteroatoms. The van der Waals surface area contributed by atoms with E-state index in [-0.39, 0.29) is 36.8 Å². The van der Waals surface area contributed by atoms with Gasteiger partial charge in [-0.05, 0) is 38.0 Å². The summed E-state index contributed by atoms with van der Waals surface area (Å²) in [4.78, 5) is 32.2. The van der Waals surface area contributed by atoms with Crippen LogP contribution in [0.4, 0.5) is 0 Å². The van der Waals surface area contributed by atoms with Crippen molar-refractivity contribution in [2.75, 3.05) is 0 Å². The first-order chi connectivity index (χ1) is 14.5. The quantitative estimate of drug-likeness (QED) is 0.392. The number of nitrogens with two attached hydrogens (primary N) is 1. The van der Waals surface area contributed by atoms with Gasteiger partial charge in [-0.3, -0.25) is 4.79 Å². The molecule has 0 aliphatic heterocycles. The number of H-pyrrole nitrogens is 1. The summed E-state index contributed by atoms with van der Waals surface area (Å²) in [5.41, 5.74) is 6.82. The zero-order chi connectivity index (χ0) is 21.3. The van der Waals surface area contributed by atoms with Crippen LogP contribution in [0, 0.1) is 5.92 Å². The Balaban J connectivity index is 0.00000256. The van der Waals surface area contributed by atoms with Gasteiger partial charge in [-0.2, -0.15) is 0 Å². The van der Waals surface area contributed by atoms with Crippen molar-refractivity contribution in [1.82, 2.24) is 15.3 Å². The number of aliphatic hydroxyl groups is 1. The molecule has 1 unspecified atom stereocenters. The van der Waals surface area contributed by atoms with Crippen molar-refractivity contribution in [3.8, 4) is 0 Å². The molecule has 1 aromatic heterocycles. The van der Waals surface area contributed by atoms with Crippen LogP contribution in [0.3, 0.4) is 0 Å². The molecule has 5 N–H and O–H groups in total. The maximum Gasteiger partial charge on any atom is 0.337 e. The molecule has 8 nitrogen and oxygen atoms in total. The van der Waals surface area contributed by atoms with Gasteiger partial charge >= 0.3 is 5.97 Å². The van der Waals surface area contributed by atoms with Crippen LogP contribution in [-0.4, -0.2) is 51.2 Å². The van der Waals surface area contributed by atoms with E-state index in [9.17, 15) is 14.7 Å². The van der Waals surface area contributed by atoms with Crippen LogP contribution in [0.5, 0.6) is 0 Å². The molecule has 0 spiro atoms. The highest BCUT2D eigenvalue weighted by molar-refractivity contribution is 5.85. The number of hydrogen-bond donors (Lipinski definition) is 4. The number of carbonyl (C=O) groups excluding carboxylic acids is 2. The molecule has 32 heavy (non-hydrogen) atoms. The number of nitrogens with one attached hydrogen (secondary N) is 2. The second-order valence-electron chi connectivity index (χ2n) is 8.88. The molecule has 0 radical (unpaired) electrons. The number of aliphatic hydroxyl groups excluding tert-OH is 1. The Hall–Kier alpha value is -1.35. The molecule has 2 fully saturated rings. The molecule has 2 aliphatic carbocycles. The largest absolute Gasteiger partial charge is 0.460 e. The molecule has 2 aliphatic rings. The lowest BCUT2D eigenvalue weighted by Gasteiger charge is -2.31. The van der Waals surface area contributed by atoms with Crippen LogP contribution in [-0.2, 0) is 20.7 Å². The van der Waals surface area contributed by atoms with E-state index in [4.69, 9.17) is 10.5 Å². The number of rotatable bonds is 9. The molecule has 0 saturated heterocycles. The standard InChI is InChI=1S/C22H36N4O4.2ClH/c23-18(12-16-13-24-14-25-16)21(28)26-19(11-15-7-3-1-4-8-15)20(27)22(29)30-17-9-5-2-6-10-17;;/h13-15,17-20,27H,1-12,23H2,(H,24,25)(H,26,28);2*1H/t18-,19-,20?;;/m0../s1. The van der Waals surface area contributed by atoms with Crippen LogP contribution >= 0.6 is 24.8 Å².